The lowest BCUT2D eigenvalue weighted by atomic mass is 10.1. The van der Waals surface area contributed by atoms with Gasteiger partial charge in [-0.25, -0.2) is 13.6 Å². The Bertz CT molecular complexity index is 1150. The van der Waals surface area contributed by atoms with Crippen molar-refractivity contribution < 1.29 is 53.6 Å². The molecule has 0 N–H and O–H groups in total. The summed E-state index contributed by atoms with van der Waals surface area (Å²) in [5, 5.41) is 0. The molecule has 0 atom stereocenters. The van der Waals surface area contributed by atoms with Crippen LogP contribution in [-0.4, -0.2) is 41.2 Å². The smallest absolute Gasteiger partial charge is 0.496 e. The van der Waals surface area contributed by atoms with Crippen molar-refractivity contribution in [3.63, 3.8) is 0 Å². The zero-order chi connectivity index (χ0) is 27.7. The van der Waals surface area contributed by atoms with Crippen LogP contribution in [0.1, 0.15) is 48.2 Å². The SMILES string of the molecule is CCCc1cc(F)c(C(=O)OC)cc1OC.CCCc1cc(F)c(OS(=O)(=O)C(F)(F)F)cc1OC. The molecule has 0 bridgehead atoms. The number of carbonyl (C=O) groups excluding carboxylic acids is 1. The maximum atomic E-state index is 13.6. The third kappa shape index (κ3) is 7.97. The first-order valence-corrected chi connectivity index (χ1v) is 12.0. The van der Waals surface area contributed by atoms with E-state index in [9.17, 15) is 35.2 Å². The third-order valence-electron chi connectivity index (χ3n) is 4.63. The van der Waals surface area contributed by atoms with E-state index in [4.69, 9.17) is 9.47 Å². The van der Waals surface area contributed by atoms with Gasteiger partial charge >= 0.3 is 21.6 Å². The minimum Gasteiger partial charge on any atom is -0.496 e. The molecule has 2 rings (SSSR count). The molecule has 0 fully saturated rings. The highest BCUT2D eigenvalue weighted by Gasteiger charge is 2.49. The number of hydrogen-bond donors (Lipinski definition) is 0. The second-order valence-corrected chi connectivity index (χ2v) is 8.75. The summed E-state index contributed by atoms with van der Waals surface area (Å²) in [6.45, 7) is 3.81. The molecule has 0 aliphatic rings. The third-order valence-corrected chi connectivity index (χ3v) is 5.60. The summed E-state index contributed by atoms with van der Waals surface area (Å²) in [5.74, 6) is -2.96. The number of halogens is 5. The number of ether oxygens (including phenoxy) is 3. The van der Waals surface area contributed by atoms with Crippen LogP contribution in [-0.2, 0) is 27.7 Å². The van der Waals surface area contributed by atoms with Crippen LogP contribution in [0, 0.1) is 11.6 Å². The molecular weight excluding hydrogens is 515 g/mol. The molecule has 0 amide bonds. The van der Waals surface area contributed by atoms with Gasteiger partial charge in [-0.15, -0.1) is 0 Å². The Morgan fingerprint density at radius 3 is 1.69 bits per heavy atom. The normalized spacial score (nSPS) is 11.3. The fourth-order valence-electron chi connectivity index (χ4n) is 2.98. The van der Waals surface area contributed by atoms with Gasteiger partial charge in [-0.1, -0.05) is 26.7 Å². The van der Waals surface area contributed by atoms with Crippen molar-refractivity contribution in [2.45, 2.75) is 45.0 Å². The molecule has 0 saturated carbocycles. The Hall–Kier alpha value is -3.09. The molecule has 0 unspecified atom stereocenters. The van der Waals surface area contributed by atoms with Crippen LogP contribution in [0.4, 0.5) is 22.0 Å². The molecule has 0 spiro atoms. The van der Waals surface area contributed by atoms with Crippen molar-refractivity contribution in [1.29, 1.82) is 0 Å². The van der Waals surface area contributed by atoms with Gasteiger partial charge < -0.3 is 18.4 Å². The highest BCUT2D eigenvalue weighted by molar-refractivity contribution is 7.88. The molecule has 7 nitrogen and oxygen atoms in total. The monoisotopic (exact) mass is 542 g/mol. The summed E-state index contributed by atoms with van der Waals surface area (Å²) >= 11 is 0. The number of esters is 1. The standard InChI is InChI=1S/C12H15FO3.C11H12F4O4S/c1-4-5-8-6-10(13)9(12(14)16-3)7-11(8)15-2;1-3-4-7-5-8(12)10(6-9(7)18-2)19-20(16,17)11(13,14)15/h6-7H,4-5H2,1-3H3;5-6H,3-4H2,1-2H3. The molecule has 202 valence electrons. The minimum absolute atomic E-state index is 0.0561. The molecular formula is C23H27F5O7S. The second-order valence-electron chi connectivity index (χ2n) is 7.21. The Morgan fingerprint density at radius 2 is 1.28 bits per heavy atom. The van der Waals surface area contributed by atoms with E-state index in [1.807, 2.05) is 13.8 Å². The van der Waals surface area contributed by atoms with Crippen LogP contribution in [0.15, 0.2) is 24.3 Å². The van der Waals surface area contributed by atoms with Crippen molar-refractivity contribution in [3.05, 3.63) is 52.6 Å². The van der Waals surface area contributed by atoms with Crippen LogP contribution in [0.3, 0.4) is 0 Å². The van der Waals surface area contributed by atoms with Crippen molar-refractivity contribution >= 4 is 16.1 Å². The average molecular weight is 543 g/mol. The Labute approximate surface area is 206 Å². The molecule has 0 aliphatic carbocycles. The number of rotatable bonds is 9. The average Bonchev–Trinajstić information content (AvgIpc) is 2.80. The van der Waals surface area contributed by atoms with Crippen LogP contribution in [0.2, 0.25) is 0 Å². The molecule has 2 aromatic carbocycles. The van der Waals surface area contributed by atoms with Crippen molar-refractivity contribution in [2.24, 2.45) is 0 Å². The molecule has 36 heavy (non-hydrogen) atoms. The fraction of sp³-hybridized carbons (Fsp3) is 0.435. The summed E-state index contributed by atoms with van der Waals surface area (Å²) in [7, 11) is -1.98. The number of aryl methyl sites for hydroxylation is 2. The van der Waals surface area contributed by atoms with E-state index in [-0.39, 0.29) is 11.3 Å². The van der Waals surface area contributed by atoms with Crippen LogP contribution < -0.4 is 13.7 Å². The van der Waals surface area contributed by atoms with Gasteiger partial charge in [0.1, 0.15) is 17.3 Å². The van der Waals surface area contributed by atoms with E-state index in [2.05, 4.69) is 8.92 Å². The summed E-state index contributed by atoms with van der Waals surface area (Å²) in [6, 6.07) is 4.38. The van der Waals surface area contributed by atoms with Gasteiger partial charge in [0.2, 0.25) is 0 Å². The number of hydrogen-bond acceptors (Lipinski definition) is 7. The van der Waals surface area contributed by atoms with Crippen LogP contribution in [0.25, 0.3) is 0 Å². The summed E-state index contributed by atoms with van der Waals surface area (Å²) in [4.78, 5) is 11.3. The van der Waals surface area contributed by atoms with Crippen molar-refractivity contribution in [1.82, 2.24) is 0 Å². The highest BCUT2D eigenvalue weighted by Crippen LogP contribution is 2.33. The number of carbonyl (C=O) groups is 1. The van der Waals surface area contributed by atoms with E-state index in [0.29, 0.717) is 30.6 Å². The fourth-order valence-corrected chi connectivity index (χ4v) is 3.43. The lowest BCUT2D eigenvalue weighted by molar-refractivity contribution is -0.0501. The maximum Gasteiger partial charge on any atom is 0.534 e. The highest BCUT2D eigenvalue weighted by atomic mass is 32.2. The minimum atomic E-state index is -5.92. The zero-order valence-corrected chi connectivity index (χ0v) is 21.1. The maximum absolute atomic E-state index is 13.6. The van der Waals surface area contributed by atoms with E-state index in [0.717, 1.165) is 24.1 Å². The van der Waals surface area contributed by atoms with Gasteiger partial charge in [0.25, 0.3) is 0 Å². The van der Waals surface area contributed by atoms with Gasteiger partial charge in [0.15, 0.2) is 11.6 Å². The second kappa shape index (κ2) is 13.3. The molecule has 0 saturated heterocycles. The first kappa shape index (κ1) is 30.9. The lowest BCUT2D eigenvalue weighted by Gasteiger charge is -2.13. The van der Waals surface area contributed by atoms with E-state index in [1.54, 1.807) is 0 Å². The number of alkyl halides is 3. The Morgan fingerprint density at radius 1 is 0.806 bits per heavy atom. The molecule has 0 heterocycles. The zero-order valence-electron chi connectivity index (χ0n) is 20.3. The van der Waals surface area contributed by atoms with E-state index in [1.165, 1.54) is 33.5 Å². The summed E-state index contributed by atoms with van der Waals surface area (Å²) in [5.41, 5.74) is -4.56. The molecule has 0 aromatic heterocycles. The first-order chi connectivity index (χ1) is 16.8. The van der Waals surface area contributed by atoms with Gasteiger partial charge in [0, 0.05) is 6.07 Å². The van der Waals surface area contributed by atoms with Gasteiger partial charge in [0.05, 0.1) is 26.9 Å². The lowest BCUT2D eigenvalue weighted by Crippen LogP contribution is -2.28. The quantitative estimate of drug-likeness (QED) is 0.177. The molecule has 0 radical (unpaired) electrons. The molecule has 2 aromatic rings. The predicted octanol–water partition coefficient (Wildman–Crippen LogP) is 5.59. The topological polar surface area (TPSA) is 88.1 Å². The first-order valence-electron chi connectivity index (χ1n) is 10.6. The predicted molar refractivity (Wildman–Crippen MR) is 121 cm³/mol. The van der Waals surface area contributed by atoms with Crippen LogP contribution >= 0.6 is 0 Å². The van der Waals surface area contributed by atoms with E-state index >= 15 is 0 Å². The van der Waals surface area contributed by atoms with Gasteiger partial charge in [-0.3, -0.25) is 0 Å². The Kier molecular flexibility index (Phi) is 11.4. The largest absolute Gasteiger partial charge is 0.534 e. The van der Waals surface area contributed by atoms with Gasteiger partial charge in [-0.05, 0) is 42.2 Å². The summed E-state index contributed by atoms with van der Waals surface area (Å²) < 4.78 is 104. The van der Waals surface area contributed by atoms with Gasteiger partial charge in [-0.2, -0.15) is 21.6 Å². The number of methoxy groups -OCH3 is 3. The van der Waals surface area contributed by atoms with Crippen LogP contribution in [0.5, 0.6) is 17.2 Å². The Balaban J connectivity index is 0.000000369. The molecule has 13 heteroatoms. The van der Waals surface area contributed by atoms with E-state index < -0.39 is 39.0 Å². The number of benzene rings is 2. The summed E-state index contributed by atoms with van der Waals surface area (Å²) in [6.07, 6.45) is 2.66. The van der Waals surface area contributed by atoms with Crippen molar-refractivity contribution in [3.8, 4) is 17.2 Å². The molecule has 0 aliphatic heterocycles. The van der Waals surface area contributed by atoms with Crippen molar-refractivity contribution in [2.75, 3.05) is 21.3 Å².